The van der Waals surface area contributed by atoms with Gasteiger partial charge in [0.25, 0.3) is 0 Å². The Balaban J connectivity index is 2.67. The van der Waals surface area contributed by atoms with Crippen molar-refractivity contribution in [1.29, 1.82) is 0 Å². The Bertz CT molecular complexity index is 298. The zero-order chi connectivity index (χ0) is 11.8. The summed E-state index contributed by atoms with van der Waals surface area (Å²) in [5.41, 5.74) is 1.18. The Hall–Kier alpha value is -0.630. The number of hydrogen-bond donors (Lipinski definition) is 0. The third-order valence-corrected chi connectivity index (χ3v) is 3.28. The molecule has 0 fully saturated rings. The van der Waals surface area contributed by atoms with Gasteiger partial charge in [-0.2, -0.15) is 0 Å². The summed E-state index contributed by atoms with van der Waals surface area (Å²) in [6, 6.07) is 7.97. The topological polar surface area (TPSA) is 27.7 Å². The highest BCUT2D eigenvalue weighted by Crippen LogP contribution is 2.41. The number of para-hydroxylation sites is 1. The lowest BCUT2D eigenvalue weighted by Crippen LogP contribution is -1.99. The number of benzene rings is 1. The van der Waals surface area contributed by atoms with Gasteiger partial charge in [-0.05, 0) is 31.9 Å². The van der Waals surface area contributed by atoms with Crippen LogP contribution in [0.2, 0.25) is 0 Å². The highest BCUT2D eigenvalue weighted by molar-refractivity contribution is 7.42. The lowest BCUT2D eigenvalue weighted by atomic mass is 10.1. The molecule has 1 aromatic rings. The van der Waals surface area contributed by atoms with E-state index in [-0.39, 0.29) is 0 Å². The standard InChI is InChI=1S/C12H19O3P/c1-4-11-9-7-8-10-12(11)15-16(13-5-2)14-6-3/h7-10H,4-6H2,1-3H3. The van der Waals surface area contributed by atoms with E-state index in [1.165, 1.54) is 5.56 Å². The van der Waals surface area contributed by atoms with Crippen LogP contribution in [0.3, 0.4) is 0 Å². The lowest BCUT2D eigenvalue weighted by molar-refractivity contribution is 0.221. The number of aryl methyl sites for hydroxylation is 1. The normalized spacial score (nSPS) is 10.8. The predicted molar refractivity (Wildman–Crippen MR) is 66.6 cm³/mol. The molecule has 4 heteroatoms. The molecule has 0 aliphatic heterocycles. The molecule has 0 radical (unpaired) electrons. The van der Waals surface area contributed by atoms with Crippen LogP contribution < -0.4 is 4.52 Å². The highest BCUT2D eigenvalue weighted by Gasteiger charge is 2.14. The van der Waals surface area contributed by atoms with Gasteiger partial charge < -0.3 is 13.6 Å². The van der Waals surface area contributed by atoms with Crippen molar-refractivity contribution in [2.45, 2.75) is 27.2 Å². The van der Waals surface area contributed by atoms with E-state index < -0.39 is 8.60 Å². The molecule has 1 rings (SSSR count). The van der Waals surface area contributed by atoms with Gasteiger partial charge in [0.05, 0.1) is 13.2 Å². The average molecular weight is 242 g/mol. The minimum atomic E-state index is -1.26. The molecule has 0 aliphatic carbocycles. The largest absolute Gasteiger partial charge is 0.426 e. The number of hydrogen-bond acceptors (Lipinski definition) is 3. The highest BCUT2D eigenvalue weighted by atomic mass is 31.2. The summed E-state index contributed by atoms with van der Waals surface area (Å²) < 4.78 is 16.6. The molecule has 0 saturated heterocycles. The molecule has 0 spiro atoms. The van der Waals surface area contributed by atoms with Gasteiger partial charge in [-0.3, -0.25) is 0 Å². The molecule has 0 unspecified atom stereocenters. The van der Waals surface area contributed by atoms with E-state index in [1.54, 1.807) is 0 Å². The van der Waals surface area contributed by atoms with E-state index >= 15 is 0 Å². The van der Waals surface area contributed by atoms with E-state index in [0.717, 1.165) is 12.2 Å². The molecule has 0 saturated carbocycles. The van der Waals surface area contributed by atoms with E-state index in [4.69, 9.17) is 13.6 Å². The molecule has 0 atom stereocenters. The zero-order valence-electron chi connectivity index (χ0n) is 10.1. The molecule has 1 aromatic carbocycles. The van der Waals surface area contributed by atoms with E-state index in [2.05, 4.69) is 13.0 Å². The monoisotopic (exact) mass is 242 g/mol. The maximum absolute atomic E-state index is 5.74. The van der Waals surface area contributed by atoms with Crippen molar-refractivity contribution in [1.82, 2.24) is 0 Å². The molecule has 0 heterocycles. The van der Waals surface area contributed by atoms with Crippen LogP contribution in [0.4, 0.5) is 0 Å². The van der Waals surface area contributed by atoms with Gasteiger partial charge in [0, 0.05) is 0 Å². The number of rotatable bonds is 7. The smallest absolute Gasteiger partial charge is 0.397 e. The van der Waals surface area contributed by atoms with Crippen LogP contribution in [0.5, 0.6) is 5.75 Å². The molecule has 0 aromatic heterocycles. The summed E-state index contributed by atoms with van der Waals surface area (Å²) >= 11 is 0. The van der Waals surface area contributed by atoms with Crippen molar-refractivity contribution in [3.8, 4) is 5.75 Å². The van der Waals surface area contributed by atoms with Crippen molar-refractivity contribution < 1.29 is 13.6 Å². The fourth-order valence-electron chi connectivity index (χ4n) is 1.27. The molecule has 0 amide bonds. The minimum Gasteiger partial charge on any atom is -0.426 e. The quantitative estimate of drug-likeness (QED) is 0.678. The van der Waals surface area contributed by atoms with Crippen molar-refractivity contribution in [3.05, 3.63) is 29.8 Å². The van der Waals surface area contributed by atoms with Gasteiger partial charge in [0.15, 0.2) is 0 Å². The van der Waals surface area contributed by atoms with Crippen molar-refractivity contribution >= 4 is 8.60 Å². The second kappa shape index (κ2) is 7.61. The van der Waals surface area contributed by atoms with Crippen LogP contribution in [-0.4, -0.2) is 13.2 Å². The van der Waals surface area contributed by atoms with Crippen LogP contribution >= 0.6 is 8.60 Å². The SMILES string of the molecule is CCOP(OCC)Oc1ccccc1CC. The molecular formula is C12H19O3P. The summed E-state index contributed by atoms with van der Waals surface area (Å²) in [6.45, 7) is 7.17. The Labute approximate surface area is 98.7 Å². The van der Waals surface area contributed by atoms with Crippen LogP contribution in [-0.2, 0) is 15.5 Å². The average Bonchev–Trinajstić information content (AvgIpc) is 2.30. The van der Waals surface area contributed by atoms with Gasteiger partial charge in [-0.25, -0.2) is 0 Å². The van der Waals surface area contributed by atoms with E-state index in [1.807, 2.05) is 32.0 Å². The van der Waals surface area contributed by atoms with Gasteiger partial charge in [-0.1, -0.05) is 25.1 Å². The lowest BCUT2D eigenvalue weighted by Gasteiger charge is -2.17. The van der Waals surface area contributed by atoms with Crippen LogP contribution in [0.15, 0.2) is 24.3 Å². The summed E-state index contributed by atoms with van der Waals surface area (Å²) in [5, 5.41) is 0. The summed E-state index contributed by atoms with van der Waals surface area (Å²) in [4.78, 5) is 0. The van der Waals surface area contributed by atoms with Gasteiger partial charge >= 0.3 is 8.60 Å². The molecule has 0 aliphatic rings. The fraction of sp³-hybridized carbons (Fsp3) is 0.500. The molecule has 90 valence electrons. The fourth-order valence-corrected chi connectivity index (χ4v) is 2.21. The van der Waals surface area contributed by atoms with Gasteiger partial charge in [0.2, 0.25) is 0 Å². The summed E-state index contributed by atoms with van der Waals surface area (Å²) in [7, 11) is -1.26. The summed E-state index contributed by atoms with van der Waals surface area (Å²) in [5.74, 6) is 0.859. The third kappa shape index (κ3) is 4.09. The Morgan fingerprint density at radius 3 is 2.19 bits per heavy atom. The van der Waals surface area contributed by atoms with Gasteiger partial charge in [0.1, 0.15) is 5.75 Å². The minimum absolute atomic E-state index is 0.597. The Morgan fingerprint density at radius 2 is 1.62 bits per heavy atom. The maximum atomic E-state index is 5.74. The molecule has 3 nitrogen and oxygen atoms in total. The first-order valence-corrected chi connectivity index (χ1v) is 6.73. The molecule has 16 heavy (non-hydrogen) atoms. The zero-order valence-corrected chi connectivity index (χ0v) is 11.0. The van der Waals surface area contributed by atoms with Crippen LogP contribution in [0.25, 0.3) is 0 Å². The van der Waals surface area contributed by atoms with E-state index in [9.17, 15) is 0 Å². The predicted octanol–water partition coefficient (Wildman–Crippen LogP) is 3.93. The van der Waals surface area contributed by atoms with Crippen LogP contribution in [0, 0.1) is 0 Å². The second-order valence-corrected chi connectivity index (χ2v) is 4.26. The Morgan fingerprint density at radius 1 is 1.00 bits per heavy atom. The summed E-state index contributed by atoms with van der Waals surface area (Å²) in [6.07, 6.45) is 0.942. The molecule has 0 bridgehead atoms. The van der Waals surface area contributed by atoms with Gasteiger partial charge in [-0.15, -0.1) is 0 Å². The first-order chi connectivity index (χ1) is 7.81. The second-order valence-electron chi connectivity index (χ2n) is 3.11. The van der Waals surface area contributed by atoms with Crippen molar-refractivity contribution in [2.75, 3.05) is 13.2 Å². The Kier molecular flexibility index (Phi) is 6.39. The van der Waals surface area contributed by atoms with Crippen LogP contribution in [0.1, 0.15) is 26.3 Å². The molecular weight excluding hydrogens is 223 g/mol. The van der Waals surface area contributed by atoms with Crippen molar-refractivity contribution in [2.24, 2.45) is 0 Å². The molecule has 0 N–H and O–H groups in total. The maximum Gasteiger partial charge on any atom is 0.397 e. The third-order valence-electron chi connectivity index (χ3n) is 2.00. The first kappa shape index (κ1) is 13.4. The van der Waals surface area contributed by atoms with E-state index in [0.29, 0.717) is 13.2 Å². The first-order valence-electron chi connectivity index (χ1n) is 5.63. The van der Waals surface area contributed by atoms with Crippen molar-refractivity contribution in [3.63, 3.8) is 0 Å².